The summed E-state index contributed by atoms with van der Waals surface area (Å²) in [6.07, 6.45) is 12.6. The van der Waals surface area contributed by atoms with Crippen LogP contribution >= 0.6 is 23.2 Å². The Morgan fingerprint density at radius 3 is 2.62 bits per heavy atom. The summed E-state index contributed by atoms with van der Waals surface area (Å²) in [4.78, 5) is 7.05. The number of nitrogens with zero attached hydrogens (tertiary/aromatic N) is 4. The third-order valence-corrected chi connectivity index (χ3v) is 7.89. The number of fused-ring (bicyclic) bond motifs is 1. The summed E-state index contributed by atoms with van der Waals surface area (Å²) in [5.74, 6) is 2.21. The fourth-order valence-corrected chi connectivity index (χ4v) is 5.57. The standard InChI is InChI=1S/C29H30Cl2N4O2/c1-29(17-32)14-13-27(34(2)18-29)35-24-16-22(31)21(30)15-23(24)33-26(35)12-11-19-7-6-10-25(36-3)28(19)37-20-8-4-5-9-20/h6-7,10-16,20,27H,4-5,8-9,18H2,1-3H3/b12-11+. The van der Waals surface area contributed by atoms with E-state index in [2.05, 4.69) is 15.5 Å². The molecule has 1 aliphatic carbocycles. The summed E-state index contributed by atoms with van der Waals surface area (Å²) < 4.78 is 14.2. The normalized spacial score (nSPS) is 22.6. The van der Waals surface area contributed by atoms with Gasteiger partial charge < -0.3 is 14.0 Å². The Balaban J connectivity index is 1.60. The van der Waals surface area contributed by atoms with Gasteiger partial charge in [-0.2, -0.15) is 5.26 Å². The zero-order valence-corrected chi connectivity index (χ0v) is 22.8. The number of benzene rings is 2. The highest BCUT2D eigenvalue weighted by molar-refractivity contribution is 6.42. The van der Waals surface area contributed by atoms with Crippen molar-refractivity contribution in [1.29, 1.82) is 5.26 Å². The molecular weight excluding hydrogens is 507 g/mol. The van der Waals surface area contributed by atoms with E-state index < -0.39 is 5.41 Å². The summed E-state index contributed by atoms with van der Waals surface area (Å²) >= 11 is 12.8. The number of aromatic nitrogens is 2. The van der Waals surface area contributed by atoms with Crippen LogP contribution in [0, 0.1) is 16.7 Å². The molecule has 2 aromatic carbocycles. The van der Waals surface area contributed by atoms with Crippen molar-refractivity contribution in [3.8, 4) is 17.6 Å². The van der Waals surface area contributed by atoms with Crippen LogP contribution in [-0.4, -0.2) is 41.3 Å². The molecule has 5 rings (SSSR count). The molecule has 3 aromatic rings. The van der Waals surface area contributed by atoms with Crippen LogP contribution in [0.1, 0.15) is 50.2 Å². The average Bonchev–Trinajstić information content (AvgIpc) is 3.51. The molecule has 2 heterocycles. The van der Waals surface area contributed by atoms with E-state index >= 15 is 0 Å². The Kier molecular flexibility index (Phi) is 7.22. The van der Waals surface area contributed by atoms with Crippen molar-refractivity contribution in [2.75, 3.05) is 20.7 Å². The van der Waals surface area contributed by atoms with Crippen LogP contribution in [0.5, 0.6) is 11.5 Å². The maximum atomic E-state index is 9.65. The third-order valence-electron chi connectivity index (χ3n) is 7.17. The minimum Gasteiger partial charge on any atom is -0.493 e. The molecule has 1 saturated carbocycles. The van der Waals surface area contributed by atoms with E-state index in [0.717, 1.165) is 41.0 Å². The maximum Gasteiger partial charge on any atom is 0.168 e. The summed E-state index contributed by atoms with van der Waals surface area (Å²) in [5.41, 5.74) is 1.98. The van der Waals surface area contributed by atoms with Crippen molar-refractivity contribution >= 4 is 46.4 Å². The smallest absolute Gasteiger partial charge is 0.168 e. The topological polar surface area (TPSA) is 63.3 Å². The first kappa shape index (κ1) is 25.7. The molecule has 2 atom stereocenters. The molecule has 0 amide bonds. The third kappa shape index (κ3) is 5.09. The fourth-order valence-electron chi connectivity index (χ4n) is 5.26. The molecule has 1 aliphatic heterocycles. The van der Waals surface area contributed by atoms with E-state index in [1.54, 1.807) is 13.2 Å². The summed E-state index contributed by atoms with van der Waals surface area (Å²) in [5, 5.41) is 10.6. The number of nitriles is 1. The SMILES string of the molecule is COc1cccc(/C=C/c2nc3cc(Cl)c(Cl)cc3n2C2C=CC(C)(C#N)CN2C)c1OC1CCCC1. The lowest BCUT2D eigenvalue weighted by atomic mass is 9.88. The number of halogens is 2. The van der Waals surface area contributed by atoms with Crippen molar-refractivity contribution in [1.82, 2.24) is 14.5 Å². The first-order chi connectivity index (χ1) is 17.8. The molecule has 0 spiro atoms. The van der Waals surface area contributed by atoms with Gasteiger partial charge in [0, 0.05) is 12.1 Å². The molecule has 1 fully saturated rings. The van der Waals surface area contributed by atoms with Crippen molar-refractivity contribution in [2.24, 2.45) is 5.41 Å². The van der Waals surface area contributed by atoms with Crippen LogP contribution in [0.2, 0.25) is 10.0 Å². The molecule has 2 aliphatic rings. The summed E-state index contributed by atoms with van der Waals surface area (Å²) in [6.45, 7) is 2.53. The highest BCUT2D eigenvalue weighted by Crippen LogP contribution is 2.38. The van der Waals surface area contributed by atoms with Gasteiger partial charge in [-0.3, -0.25) is 4.90 Å². The van der Waals surface area contributed by atoms with Gasteiger partial charge >= 0.3 is 0 Å². The second-order valence-corrected chi connectivity index (χ2v) is 10.9. The van der Waals surface area contributed by atoms with Crippen LogP contribution in [0.15, 0.2) is 42.5 Å². The average molecular weight is 537 g/mol. The van der Waals surface area contributed by atoms with Crippen molar-refractivity contribution in [3.63, 3.8) is 0 Å². The monoisotopic (exact) mass is 536 g/mol. The first-order valence-corrected chi connectivity index (χ1v) is 13.3. The lowest BCUT2D eigenvalue weighted by Gasteiger charge is -2.36. The van der Waals surface area contributed by atoms with Gasteiger partial charge in [-0.25, -0.2) is 4.98 Å². The number of hydrogen-bond donors (Lipinski definition) is 0. The molecule has 0 radical (unpaired) electrons. The van der Waals surface area contributed by atoms with Crippen LogP contribution in [-0.2, 0) is 0 Å². The summed E-state index contributed by atoms with van der Waals surface area (Å²) in [7, 11) is 3.67. The molecule has 0 saturated heterocycles. The molecule has 192 valence electrons. The molecule has 0 bridgehead atoms. The number of imidazole rings is 1. The van der Waals surface area contributed by atoms with Gasteiger partial charge in [0.05, 0.1) is 45.8 Å². The van der Waals surface area contributed by atoms with Crippen LogP contribution in [0.25, 0.3) is 23.2 Å². The van der Waals surface area contributed by atoms with Gasteiger partial charge in [0.25, 0.3) is 0 Å². The summed E-state index contributed by atoms with van der Waals surface area (Å²) in [6, 6.07) is 12.0. The molecule has 0 N–H and O–H groups in total. The Labute approximate surface area is 227 Å². The zero-order chi connectivity index (χ0) is 26.2. The molecule has 1 aromatic heterocycles. The van der Waals surface area contributed by atoms with E-state index in [9.17, 15) is 5.26 Å². The van der Waals surface area contributed by atoms with Crippen molar-refractivity contribution in [2.45, 2.75) is 44.9 Å². The van der Waals surface area contributed by atoms with Gasteiger partial charge in [-0.05, 0) is 76.1 Å². The molecular formula is C29H30Cl2N4O2. The van der Waals surface area contributed by atoms with Crippen molar-refractivity contribution in [3.05, 3.63) is 63.9 Å². The van der Waals surface area contributed by atoms with Crippen LogP contribution in [0.4, 0.5) is 0 Å². The quantitative estimate of drug-likeness (QED) is 0.307. The number of para-hydroxylation sites is 1. The Bertz CT molecular complexity index is 1420. The Hall–Kier alpha value is -2.98. The number of rotatable bonds is 6. The minimum atomic E-state index is -0.550. The second kappa shape index (κ2) is 10.4. The van der Waals surface area contributed by atoms with Crippen LogP contribution < -0.4 is 9.47 Å². The highest BCUT2D eigenvalue weighted by Gasteiger charge is 2.32. The maximum absolute atomic E-state index is 9.65. The van der Waals surface area contributed by atoms with Gasteiger partial charge in [0.1, 0.15) is 12.0 Å². The van der Waals surface area contributed by atoms with E-state index in [0.29, 0.717) is 22.3 Å². The Morgan fingerprint density at radius 1 is 1.16 bits per heavy atom. The first-order valence-electron chi connectivity index (χ1n) is 12.5. The van der Waals surface area contributed by atoms with E-state index in [1.807, 2.05) is 62.5 Å². The zero-order valence-electron chi connectivity index (χ0n) is 21.2. The lowest BCUT2D eigenvalue weighted by molar-refractivity contribution is 0.171. The van der Waals surface area contributed by atoms with Crippen molar-refractivity contribution < 1.29 is 9.47 Å². The minimum absolute atomic E-state index is 0.150. The van der Waals surface area contributed by atoms with Gasteiger partial charge in [0.2, 0.25) is 0 Å². The molecule has 8 heteroatoms. The predicted molar refractivity (Wildman–Crippen MR) is 149 cm³/mol. The van der Waals surface area contributed by atoms with Gasteiger partial charge in [-0.15, -0.1) is 0 Å². The number of hydrogen-bond acceptors (Lipinski definition) is 5. The van der Waals surface area contributed by atoms with Gasteiger partial charge in [-0.1, -0.05) is 41.4 Å². The molecule has 2 unspecified atom stereocenters. The number of methoxy groups -OCH3 is 1. The number of likely N-dealkylation sites (N-methyl/N-ethyl adjacent to an activating group) is 1. The number of ether oxygens (including phenoxy) is 2. The highest BCUT2D eigenvalue weighted by atomic mass is 35.5. The van der Waals surface area contributed by atoms with E-state index in [1.165, 1.54) is 12.8 Å². The Morgan fingerprint density at radius 2 is 1.92 bits per heavy atom. The largest absolute Gasteiger partial charge is 0.493 e. The molecule has 37 heavy (non-hydrogen) atoms. The van der Waals surface area contributed by atoms with E-state index in [4.69, 9.17) is 37.7 Å². The molecule has 6 nitrogen and oxygen atoms in total. The van der Waals surface area contributed by atoms with Gasteiger partial charge in [0.15, 0.2) is 11.5 Å². The predicted octanol–water partition coefficient (Wildman–Crippen LogP) is 7.37. The van der Waals surface area contributed by atoms with Crippen LogP contribution in [0.3, 0.4) is 0 Å². The second-order valence-electron chi connectivity index (χ2n) is 10.0. The fraction of sp³-hybridized carbons (Fsp3) is 0.379. The van der Waals surface area contributed by atoms with E-state index in [-0.39, 0.29) is 12.3 Å². The lowest BCUT2D eigenvalue weighted by Crippen LogP contribution is -2.39.